The minimum atomic E-state index is 0.323. The van der Waals surface area contributed by atoms with Gasteiger partial charge in [-0.25, -0.2) is 4.98 Å². The third-order valence-corrected chi connectivity index (χ3v) is 1.23. The van der Waals surface area contributed by atoms with Gasteiger partial charge < -0.3 is 22.6 Å². The summed E-state index contributed by atoms with van der Waals surface area (Å²) >= 11 is 14.0. The average Bonchev–Trinajstić information content (AvgIpc) is 1.59. The molecule has 1 rings (SSSR count). The molecule has 0 unspecified atom stereocenters. The molecule has 0 spiro atoms. The van der Waals surface area contributed by atoms with Crippen LogP contribution in [0.1, 0.15) is 0 Å². The molecular weight excluding hydrogens is 174 g/mol. The molecule has 1 aromatic rings. The van der Waals surface area contributed by atoms with E-state index in [9.17, 15) is 0 Å². The number of hydrogen-bond acceptors (Lipinski definition) is 4. The fraction of sp³-hybridized carbons (Fsp3) is 0. The molecule has 48 valence electrons. The Balaban J connectivity index is 3.52. The van der Waals surface area contributed by atoms with Crippen molar-refractivity contribution >= 4 is 37.1 Å². The number of nitrogens with zero attached hydrogens (tertiary/aromatic N) is 1. The summed E-state index contributed by atoms with van der Waals surface area (Å²) < 4.78 is 0.740. The number of aromatic amines is 2. The van der Waals surface area contributed by atoms with Crippen LogP contribution in [0.2, 0.25) is 0 Å². The molecule has 0 aliphatic rings. The van der Waals surface area contributed by atoms with E-state index in [0.29, 0.717) is 14.7 Å². The van der Waals surface area contributed by atoms with Crippen LogP contribution in [-0.4, -0.2) is 15.0 Å². The highest BCUT2D eigenvalue weighted by atomic mass is 32.1. The molecule has 0 bridgehead atoms. The molecule has 9 heavy (non-hydrogen) atoms. The van der Waals surface area contributed by atoms with Gasteiger partial charge in [-0.05, 0) is 29.6 Å². The van der Waals surface area contributed by atoms with Crippen LogP contribution in [-0.2, 0) is 12.6 Å². The molecule has 0 aliphatic heterocycles. The van der Waals surface area contributed by atoms with Gasteiger partial charge in [-0.3, -0.25) is 0 Å². The van der Waals surface area contributed by atoms with E-state index in [0.717, 1.165) is 0 Å². The van der Waals surface area contributed by atoms with Gasteiger partial charge in [0.25, 0.3) is 0 Å². The topological polar surface area (TPSA) is 44.5 Å². The highest BCUT2D eigenvalue weighted by Crippen LogP contribution is 1.84. The predicted molar refractivity (Wildman–Crippen MR) is 40.2 cm³/mol. The molecule has 6 heteroatoms. The second-order valence-electron chi connectivity index (χ2n) is 1.30. The number of hydrogen-bond donors (Lipinski definition) is 2. The van der Waals surface area contributed by atoms with E-state index >= 15 is 0 Å². The van der Waals surface area contributed by atoms with Crippen LogP contribution in [0.3, 0.4) is 0 Å². The molecule has 0 aliphatic carbocycles. The summed E-state index contributed by atoms with van der Waals surface area (Å²) in [6.45, 7) is 0. The number of rotatable bonds is 0. The molecule has 0 radical (unpaired) electrons. The average molecular weight is 176 g/mol. The van der Waals surface area contributed by atoms with Gasteiger partial charge in [-0.2, -0.15) is 0 Å². The first-order chi connectivity index (χ1) is 4.18. The predicted octanol–water partition coefficient (Wildman–Crippen LogP) is 1.10. The fourth-order valence-corrected chi connectivity index (χ4v) is 1.14. The molecule has 1 aromatic heterocycles. The minimum Gasteiger partial charge on any atom is -0.742 e. The number of nitrogens with one attached hydrogen (secondary N) is 2. The minimum absolute atomic E-state index is 0.323. The summed E-state index contributed by atoms with van der Waals surface area (Å²) in [5, 5.41) is 0.323. The lowest BCUT2D eigenvalue weighted by Gasteiger charge is -2.00. The van der Waals surface area contributed by atoms with E-state index in [2.05, 4.69) is 39.8 Å². The maximum atomic E-state index is 4.70. The Hall–Kier alpha value is -0.330. The van der Waals surface area contributed by atoms with Crippen molar-refractivity contribution in [3.63, 3.8) is 0 Å². The summed E-state index contributed by atoms with van der Waals surface area (Å²) in [7, 11) is 0. The molecule has 0 aromatic carbocycles. The van der Waals surface area contributed by atoms with Crippen molar-refractivity contribution in [2.24, 2.45) is 0 Å². The monoisotopic (exact) mass is 176 g/mol. The van der Waals surface area contributed by atoms with Crippen molar-refractivity contribution < 1.29 is 0 Å². The van der Waals surface area contributed by atoms with Crippen LogP contribution in [0.4, 0.5) is 0 Å². The third-order valence-electron chi connectivity index (χ3n) is 0.644. The van der Waals surface area contributed by atoms with Gasteiger partial charge in [0.15, 0.2) is 9.54 Å². The highest BCUT2D eigenvalue weighted by molar-refractivity contribution is 7.71. The second kappa shape index (κ2) is 2.51. The molecule has 3 nitrogen and oxygen atoms in total. The largest absolute Gasteiger partial charge is 0.742 e. The van der Waals surface area contributed by atoms with Gasteiger partial charge in [-0.1, -0.05) is 0 Å². The van der Waals surface area contributed by atoms with E-state index < -0.39 is 0 Å². The fourth-order valence-electron chi connectivity index (χ4n) is 0.374. The first-order valence-corrected chi connectivity index (χ1v) is 3.28. The quantitative estimate of drug-likeness (QED) is 0.459. The van der Waals surface area contributed by atoms with E-state index in [-0.39, 0.29) is 0 Å². The lowest BCUT2D eigenvalue weighted by molar-refractivity contribution is 0.876. The van der Waals surface area contributed by atoms with Crippen molar-refractivity contribution in [1.29, 1.82) is 0 Å². The lowest BCUT2D eigenvalue weighted by atomic mass is 11.1. The standard InChI is InChI=1S/C3H3N3S3/c7-1-4-2(8)6-3(9)5-1/h(H3,4,5,6,7,8,9)/p-1. The van der Waals surface area contributed by atoms with Crippen LogP contribution < -0.4 is 0 Å². The van der Waals surface area contributed by atoms with Crippen LogP contribution in [0, 0.1) is 9.54 Å². The highest BCUT2D eigenvalue weighted by Gasteiger charge is 1.75. The molecule has 0 saturated heterocycles. The van der Waals surface area contributed by atoms with Gasteiger partial charge in [0, 0.05) is 0 Å². The van der Waals surface area contributed by atoms with E-state index in [1.807, 2.05) is 0 Å². The number of H-pyrrole nitrogens is 2. The zero-order chi connectivity index (χ0) is 6.85. The van der Waals surface area contributed by atoms with Crippen molar-refractivity contribution in [2.45, 2.75) is 5.16 Å². The second-order valence-corrected chi connectivity index (χ2v) is 2.48. The first-order valence-electron chi connectivity index (χ1n) is 2.06. The zero-order valence-corrected chi connectivity index (χ0v) is 6.62. The Morgan fingerprint density at radius 3 is 2.44 bits per heavy atom. The van der Waals surface area contributed by atoms with Gasteiger partial charge in [-0.15, -0.1) is 0 Å². The van der Waals surface area contributed by atoms with Crippen molar-refractivity contribution in [3.8, 4) is 0 Å². The van der Waals surface area contributed by atoms with E-state index in [4.69, 9.17) is 12.2 Å². The van der Waals surface area contributed by atoms with E-state index in [1.54, 1.807) is 0 Å². The molecule has 0 amide bonds. The Morgan fingerprint density at radius 2 is 2.00 bits per heavy atom. The Morgan fingerprint density at radius 1 is 1.33 bits per heavy atom. The zero-order valence-electron chi connectivity index (χ0n) is 4.17. The van der Waals surface area contributed by atoms with Gasteiger partial charge >= 0.3 is 0 Å². The van der Waals surface area contributed by atoms with Crippen molar-refractivity contribution in [3.05, 3.63) is 9.54 Å². The Kier molecular flexibility index (Phi) is 1.89. The molecule has 0 atom stereocenters. The number of aromatic nitrogens is 3. The molecule has 2 N–H and O–H groups in total. The van der Waals surface area contributed by atoms with Gasteiger partial charge in [0.2, 0.25) is 0 Å². The SMILES string of the molecule is S=c1nc([S-])[nH]c(=S)[nH]1. The van der Waals surface area contributed by atoms with Crippen LogP contribution in [0.25, 0.3) is 0 Å². The smallest absolute Gasteiger partial charge is 0.198 e. The molecule has 1 heterocycles. The summed E-state index contributed by atoms with van der Waals surface area (Å²) in [4.78, 5) is 8.90. The Labute approximate surface area is 67.0 Å². The maximum Gasteiger partial charge on any atom is 0.198 e. The Bertz CT molecular complexity index is 282. The van der Waals surface area contributed by atoms with Crippen molar-refractivity contribution in [2.75, 3.05) is 0 Å². The van der Waals surface area contributed by atoms with Gasteiger partial charge in [0.05, 0.1) is 0 Å². The summed E-state index contributed by atoms with van der Waals surface area (Å²) in [6.07, 6.45) is 0. The van der Waals surface area contributed by atoms with Crippen LogP contribution >= 0.6 is 24.4 Å². The van der Waals surface area contributed by atoms with Gasteiger partial charge in [0.1, 0.15) is 0 Å². The normalized spacial score (nSPS) is 9.33. The molecular formula is C3H2N3S3-. The summed E-state index contributed by atoms with van der Waals surface area (Å²) in [5.74, 6) is 0. The maximum absolute atomic E-state index is 4.70. The third kappa shape index (κ3) is 1.81. The van der Waals surface area contributed by atoms with Crippen LogP contribution in [0.5, 0.6) is 0 Å². The molecule has 0 fully saturated rings. The molecule has 0 saturated carbocycles. The van der Waals surface area contributed by atoms with E-state index in [1.165, 1.54) is 0 Å². The summed E-state index contributed by atoms with van der Waals surface area (Å²) in [5.41, 5.74) is 0. The van der Waals surface area contributed by atoms with Crippen LogP contribution in [0.15, 0.2) is 5.16 Å². The lowest BCUT2D eigenvalue weighted by Crippen LogP contribution is -1.89. The first kappa shape index (κ1) is 6.79. The summed E-state index contributed by atoms with van der Waals surface area (Å²) in [6, 6.07) is 0. The van der Waals surface area contributed by atoms with Crippen molar-refractivity contribution in [1.82, 2.24) is 15.0 Å².